The van der Waals surface area contributed by atoms with Crippen LogP contribution in [0.15, 0.2) is 22.7 Å². The molecule has 0 atom stereocenters. The minimum absolute atomic E-state index is 0.138. The Morgan fingerprint density at radius 2 is 2.00 bits per heavy atom. The lowest BCUT2D eigenvalue weighted by atomic mass is 10.1. The molecule has 0 saturated heterocycles. The normalized spacial score (nSPS) is 9.92. The zero-order chi connectivity index (χ0) is 9.14. The van der Waals surface area contributed by atoms with Gasteiger partial charge in [-0.15, -0.1) is 0 Å². The number of hydrogen-bond donors (Lipinski definition) is 0. The van der Waals surface area contributed by atoms with Crippen LogP contribution in [0.2, 0.25) is 0 Å². The predicted octanol–water partition coefficient (Wildman–Crippen LogP) is 3.26. The van der Waals surface area contributed by atoms with Gasteiger partial charge in [-0.2, -0.15) is 5.26 Å². The van der Waals surface area contributed by atoms with Crippen molar-refractivity contribution in [3.8, 4) is 6.07 Å². The molecule has 0 aromatic heterocycles. The summed E-state index contributed by atoms with van der Waals surface area (Å²) in [6.07, 6.45) is -2.53. The van der Waals surface area contributed by atoms with Crippen molar-refractivity contribution < 1.29 is 8.78 Å². The quantitative estimate of drug-likeness (QED) is 0.728. The number of halogens is 3. The average molecular weight is 232 g/mol. The fourth-order valence-electron chi connectivity index (χ4n) is 0.803. The van der Waals surface area contributed by atoms with E-state index in [-0.39, 0.29) is 11.1 Å². The molecule has 1 rings (SSSR count). The molecule has 0 aliphatic carbocycles. The first-order valence-corrected chi connectivity index (χ1v) is 3.91. The molecule has 1 aromatic rings. The van der Waals surface area contributed by atoms with Crippen molar-refractivity contribution in [2.45, 2.75) is 6.43 Å². The molecule has 0 bridgehead atoms. The topological polar surface area (TPSA) is 23.8 Å². The van der Waals surface area contributed by atoms with Crippen LogP contribution < -0.4 is 0 Å². The number of nitriles is 1. The molecule has 0 saturated carbocycles. The predicted molar refractivity (Wildman–Crippen MR) is 43.8 cm³/mol. The van der Waals surface area contributed by atoms with Gasteiger partial charge in [0.25, 0.3) is 6.43 Å². The van der Waals surface area contributed by atoms with E-state index in [2.05, 4.69) is 15.9 Å². The molecule has 1 nitrogen and oxygen atoms in total. The third kappa shape index (κ3) is 2.02. The van der Waals surface area contributed by atoms with Gasteiger partial charge < -0.3 is 0 Å². The van der Waals surface area contributed by atoms with Crippen molar-refractivity contribution in [3.63, 3.8) is 0 Å². The maximum atomic E-state index is 12.1. The maximum Gasteiger partial charge on any atom is 0.263 e. The Kier molecular flexibility index (Phi) is 2.77. The van der Waals surface area contributed by atoms with Crippen LogP contribution >= 0.6 is 15.9 Å². The van der Waals surface area contributed by atoms with Gasteiger partial charge in [0.15, 0.2) is 0 Å². The van der Waals surface area contributed by atoms with Crippen molar-refractivity contribution in [2.24, 2.45) is 0 Å². The van der Waals surface area contributed by atoms with Gasteiger partial charge >= 0.3 is 0 Å². The first kappa shape index (κ1) is 9.14. The third-order valence-electron chi connectivity index (χ3n) is 1.30. The summed E-state index contributed by atoms with van der Waals surface area (Å²) in [6, 6.07) is 5.76. The Hall–Kier alpha value is -0.950. The van der Waals surface area contributed by atoms with Gasteiger partial charge in [0, 0.05) is 10.0 Å². The van der Waals surface area contributed by atoms with E-state index >= 15 is 0 Å². The molecule has 0 radical (unpaired) electrons. The summed E-state index contributed by atoms with van der Waals surface area (Å²) in [5.41, 5.74) is 0.0978. The van der Waals surface area contributed by atoms with E-state index < -0.39 is 6.43 Å². The Labute approximate surface area is 76.8 Å². The summed E-state index contributed by atoms with van der Waals surface area (Å²) in [7, 11) is 0. The standard InChI is InChI=1S/C8H4BrF2N/c9-7-2-5(4-12)1-6(3-7)8(10)11/h1-3,8H. The van der Waals surface area contributed by atoms with E-state index in [1.165, 1.54) is 18.2 Å². The summed E-state index contributed by atoms with van der Waals surface area (Å²) in [4.78, 5) is 0. The van der Waals surface area contributed by atoms with E-state index in [0.29, 0.717) is 4.47 Å². The lowest BCUT2D eigenvalue weighted by Crippen LogP contribution is -1.85. The molecule has 1 aromatic carbocycles. The highest BCUT2D eigenvalue weighted by atomic mass is 79.9. The molecule has 0 fully saturated rings. The minimum atomic E-state index is -2.53. The van der Waals surface area contributed by atoms with Gasteiger partial charge in [0.2, 0.25) is 0 Å². The van der Waals surface area contributed by atoms with Gasteiger partial charge in [-0.25, -0.2) is 8.78 Å². The maximum absolute atomic E-state index is 12.1. The summed E-state index contributed by atoms with van der Waals surface area (Å²) in [5.74, 6) is 0. The van der Waals surface area contributed by atoms with Gasteiger partial charge in [0.05, 0.1) is 11.6 Å². The molecule has 0 aliphatic heterocycles. The lowest BCUT2D eigenvalue weighted by molar-refractivity contribution is 0.151. The number of alkyl halides is 2. The van der Waals surface area contributed by atoms with Gasteiger partial charge in [-0.1, -0.05) is 15.9 Å². The SMILES string of the molecule is N#Cc1cc(Br)cc(C(F)F)c1. The number of rotatable bonds is 1. The Morgan fingerprint density at radius 1 is 1.33 bits per heavy atom. The third-order valence-corrected chi connectivity index (χ3v) is 1.76. The molecule has 62 valence electrons. The highest BCUT2D eigenvalue weighted by Gasteiger charge is 2.08. The molecule has 4 heteroatoms. The molecule has 0 amide bonds. The fraction of sp³-hybridized carbons (Fsp3) is 0.125. The first-order chi connectivity index (χ1) is 5.63. The number of benzene rings is 1. The lowest BCUT2D eigenvalue weighted by Gasteiger charge is -2.00. The van der Waals surface area contributed by atoms with Crippen molar-refractivity contribution in [1.29, 1.82) is 5.26 Å². The minimum Gasteiger partial charge on any atom is -0.205 e. The Balaban J connectivity index is 3.17. The van der Waals surface area contributed by atoms with Crippen LogP contribution in [0.4, 0.5) is 8.78 Å². The van der Waals surface area contributed by atoms with Gasteiger partial charge in [0.1, 0.15) is 0 Å². The zero-order valence-electron chi connectivity index (χ0n) is 5.89. The van der Waals surface area contributed by atoms with Crippen LogP contribution in [0.5, 0.6) is 0 Å². The zero-order valence-corrected chi connectivity index (χ0v) is 7.48. The smallest absolute Gasteiger partial charge is 0.205 e. The van der Waals surface area contributed by atoms with Crippen LogP contribution in [-0.2, 0) is 0 Å². The average Bonchev–Trinajstić information content (AvgIpc) is 2.03. The van der Waals surface area contributed by atoms with Crippen LogP contribution in [-0.4, -0.2) is 0 Å². The molecule has 0 heterocycles. The van der Waals surface area contributed by atoms with Gasteiger partial charge in [-0.3, -0.25) is 0 Å². The second-order valence-corrected chi connectivity index (χ2v) is 3.10. The second kappa shape index (κ2) is 3.63. The van der Waals surface area contributed by atoms with E-state index in [1.54, 1.807) is 6.07 Å². The molecule has 12 heavy (non-hydrogen) atoms. The van der Waals surface area contributed by atoms with Gasteiger partial charge in [-0.05, 0) is 18.2 Å². The van der Waals surface area contributed by atoms with E-state index in [4.69, 9.17) is 5.26 Å². The highest BCUT2D eigenvalue weighted by Crippen LogP contribution is 2.23. The molecule has 0 unspecified atom stereocenters. The van der Waals surface area contributed by atoms with Crippen molar-refractivity contribution >= 4 is 15.9 Å². The highest BCUT2D eigenvalue weighted by molar-refractivity contribution is 9.10. The monoisotopic (exact) mass is 231 g/mol. The van der Waals surface area contributed by atoms with Crippen LogP contribution in [0, 0.1) is 11.3 Å². The summed E-state index contributed by atoms with van der Waals surface area (Å²) in [5, 5.41) is 8.45. The fourth-order valence-corrected chi connectivity index (χ4v) is 1.31. The Bertz CT molecular complexity index is 330. The first-order valence-electron chi connectivity index (χ1n) is 3.12. The van der Waals surface area contributed by atoms with Crippen molar-refractivity contribution in [1.82, 2.24) is 0 Å². The molecule has 0 spiro atoms. The summed E-state index contributed by atoms with van der Waals surface area (Å²) >= 11 is 3.04. The van der Waals surface area contributed by atoms with E-state index in [1.807, 2.05) is 0 Å². The number of nitrogens with zero attached hydrogens (tertiary/aromatic N) is 1. The largest absolute Gasteiger partial charge is 0.263 e. The molecule has 0 aliphatic rings. The van der Waals surface area contributed by atoms with E-state index in [9.17, 15) is 8.78 Å². The molecular formula is C8H4BrF2N. The summed E-state index contributed by atoms with van der Waals surface area (Å²) < 4.78 is 24.8. The van der Waals surface area contributed by atoms with Crippen LogP contribution in [0.3, 0.4) is 0 Å². The Morgan fingerprint density at radius 3 is 2.50 bits per heavy atom. The van der Waals surface area contributed by atoms with Crippen molar-refractivity contribution in [3.05, 3.63) is 33.8 Å². The second-order valence-electron chi connectivity index (χ2n) is 2.19. The summed E-state index contributed by atoms with van der Waals surface area (Å²) in [6.45, 7) is 0. The molecule has 0 N–H and O–H groups in total. The van der Waals surface area contributed by atoms with E-state index in [0.717, 1.165) is 0 Å². The van der Waals surface area contributed by atoms with Crippen LogP contribution in [0.1, 0.15) is 17.6 Å². The molecular weight excluding hydrogens is 228 g/mol. The van der Waals surface area contributed by atoms with Crippen LogP contribution in [0.25, 0.3) is 0 Å². The number of hydrogen-bond acceptors (Lipinski definition) is 1. The van der Waals surface area contributed by atoms with Crippen molar-refractivity contribution in [2.75, 3.05) is 0 Å².